The zero-order valence-electron chi connectivity index (χ0n) is 9.64. The number of hydrogen-bond acceptors (Lipinski definition) is 4. The van der Waals surface area contributed by atoms with Crippen LogP contribution < -0.4 is 0 Å². The summed E-state index contributed by atoms with van der Waals surface area (Å²) in [5, 5.41) is 8.83. The van der Waals surface area contributed by atoms with Gasteiger partial charge in [-0.1, -0.05) is 6.07 Å². The fraction of sp³-hybridized carbons (Fsp3) is 0.500. The first kappa shape index (κ1) is 12.6. The molecule has 0 aliphatic rings. The topological polar surface area (TPSA) is 55.1 Å². The fourth-order valence-electron chi connectivity index (χ4n) is 1.22. The van der Waals surface area contributed by atoms with Crippen molar-refractivity contribution in [3.63, 3.8) is 0 Å². The van der Waals surface area contributed by atoms with Crippen molar-refractivity contribution in [1.29, 1.82) is 5.26 Å². The summed E-state index contributed by atoms with van der Waals surface area (Å²) in [5.41, 5.74) is 1.24. The minimum Gasteiger partial charge on any atom is -0.379 e. The van der Waals surface area contributed by atoms with Crippen molar-refractivity contribution in [2.45, 2.75) is 26.6 Å². The van der Waals surface area contributed by atoms with Crippen LogP contribution in [0.3, 0.4) is 0 Å². The van der Waals surface area contributed by atoms with Crippen LogP contribution in [0.2, 0.25) is 0 Å². The summed E-state index contributed by atoms with van der Waals surface area (Å²) in [4.78, 5) is 3.96. The molecule has 1 rings (SSSR count). The molecule has 0 saturated heterocycles. The minimum atomic E-state index is 0.0201. The number of nitrogens with zero attached hydrogens (tertiary/aromatic N) is 2. The van der Waals surface area contributed by atoms with Crippen molar-refractivity contribution in [1.82, 2.24) is 4.98 Å². The normalized spacial score (nSPS) is 12.1. The summed E-state index contributed by atoms with van der Waals surface area (Å²) in [6.45, 7) is 5.54. The Labute approximate surface area is 95.8 Å². The standard InChI is InChI=1S/C12H16N2O2/c1-3-15-8-10(2)16-9-11-5-4-6-14-12(11)7-13/h4-6,10H,3,8-9H2,1-2H3. The van der Waals surface area contributed by atoms with Gasteiger partial charge in [0.05, 0.1) is 19.3 Å². The van der Waals surface area contributed by atoms with Crippen molar-refractivity contribution in [2.75, 3.05) is 13.2 Å². The summed E-state index contributed by atoms with van der Waals surface area (Å²) in [6.07, 6.45) is 1.62. The van der Waals surface area contributed by atoms with E-state index in [0.717, 1.165) is 5.56 Å². The van der Waals surface area contributed by atoms with E-state index in [9.17, 15) is 0 Å². The van der Waals surface area contributed by atoms with E-state index >= 15 is 0 Å². The van der Waals surface area contributed by atoms with E-state index in [1.54, 1.807) is 12.3 Å². The molecule has 1 atom stereocenters. The average molecular weight is 220 g/mol. The predicted octanol–water partition coefficient (Wildman–Crippen LogP) is 1.89. The number of rotatable bonds is 6. The Morgan fingerprint density at radius 1 is 1.56 bits per heavy atom. The summed E-state index contributed by atoms with van der Waals surface area (Å²) in [5.74, 6) is 0. The SMILES string of the molecule is CCOCC(C)OCc1cccnc1C#N. The van der Waals surface area contributed by atoms with Crippen molar-refractivity contribution < 1.29 is 9.47 Å². The number of nitriles is 1. The van der Waals surface area contributed by atoms with E-state index in [1.165, 1.54) is 0 Å². The molecule has 86 valence electrons. The molecular weight excluding hydrogens is 204 g/mol. The zero-order valence-corrected chi connectivity index (χ0v) is 9.64. The highest BCUT2D eigenvalue weighted by Crippen LogP contribution is 2.07. The van der Waals surface area contributed by atoms with Crippen LogP contribution in [0, 0.1) is 11.3 Å². The van der Waals surface area contributed by atoms with Gasteiger partial charge in [-0.05, 0) is 19.9 Å². The highest BCUT2D eigenvalue weighted by atomic mass is 16.5. The van der Waals surface area contributed by atoms with Crippen molar-refractivity contribution in [2.24, 2.45) is 0 Å². The molecule has 0 spiro atoms. The minimum absolute atomic E-state index is 0.0201. The smallest absolute Gasteiger partial charge is 0.145 e. The lowest BCUT2D eigenvalue weighted by molar-refractivity contribution is -0.0118. The number of ether oxygens (including phenoxy) is 2. The molecule has 0 saturated carbocycles. The molecule has 0 N–H and O–H groups in total. The van der Waals surface area contributed by atoms with Crippen LogP contribution in [0.25, 0.3) is 0 Å². The molecule has 1 heterocycles. The van der Waals surface area contributed by atoms with E-state index in [4.69, 9.17) is 14.7 Å². The van der Waals surface area contributed by atoms with Crippen LogP contribution in [0.4, 0.5) is 0 Å². The van der Waals surface area contributed by atoms with Gasteiger partial charge in [0.2, 0.25) is 0 Å². The quantitative estimate of drug-likeness (QED) is 0.734. The van der Waals surface area contributed by atoms with Gasteiger partial charge in [0, 0.05) is 18.4 Å². The van der Waals surface area contributed by atoms with Crippen LogP contribution in [0.1, 0.15) is 25.1 Å². The van der Waals surface area contributed by atoms with E-state index in [-0.39, 0.29) is 6.10 Å². The molecule has 1 unspecified atom stereocenters. The predicted molar refractivity (Wildman–Crippen MR) is 59.7 cm³/mol. The first-order valence-corrected chi connectivity index (χ1v) is 5.31. The number of hydrogen-bond donors (Lipinski definition) is 0. The Morgan fingerprint density at radius 2 is 2.38 bits per heavy atom. The van der Waals surface area contributed by atoms with Gasteiger partial charge in [-0.2, -0.15) is 5.26 Å². The molecule has 0 amide bonds. The second-order valence-electron chi connectivity index (χ2n) is 3.40. The summed E-state index contributed by atoms with van der Waals surface area (Å²) in [7, 11) is 0. The van der Waals surface area contributed by atoms with Gasteiger partial charge in [-0.15, -0.1) is 0 Å². The van der Waals surface area contributed by atoms with Crippen LogP contribution in [0.5, 0.6) is 0 Å². The lowest BCUT2D eigenvalue weighted by atomic mass is 10.2. The third kappa shape index (κ3) is 3.97. The molecule has 1 aromatic rings. The Bertz CT molecular complexity index is 360. The molecule has 0 radical (unpaired) electrons. The highest BCUT2D eigenvalue weighted by molar-refractivity contribution is 5.29. The fourth-order valence-corrected chi connectivity index (χ4v) is 1.22. The van der Waals surface area contributed by atoms with Crippen molar-refractivity contribution >= 4 is 0 Å². The maximum Gasteiger partial charge on any atom is 0.145 e. The third-order valence-electron chi connectivity index (χ3n) is 2.08. The van der Waals surface area contributed by atoms with Crippen molar-refractivity contribution in [3.8, 4) is 6.07 Å². The lowest BCUT2D eigenvalue weighted by Crippen LogP contribution is -2.16. The molecular formula is C12H16N2O2. The van der Waals surface area contributed by atoms with Crippen LogP contribution in [-0.4, -0.2) is 24.3 Å². The molecule has 0 aliphatic carbocycles. The van der Waals surface area contributed by atoms with Gasteiger partial charge >= 0.3 is 0 Å². The average Bonchev–Trinajstić information content (AvgIpc) is 2.34. The van der Waals surface area contributed by atoms with E-state index in [1.807, 2.05) is 26.0 Å². The van der Waals surface area contributed by atoms with Gasteiger partial charge < -0.3 is 9.47 Å². The third-order valence-corrected chi connectivity index (χ3v) is 2.08. The Balaban J connectivity index is 2.45. The maximum absolute atomic E-state index is 8.83. The molecule has 1 aromatic heterocycles. The van der Waals surface area contributed by atoms with Gasteiger partial charge in [-0.25, -0.2) is 4.98 Å². The van der Waals surface area contributed by atoms with Crippen LogP contribution in [-0.2, 0) is 16.1 Å². The molecule has 0 fully saturated rings. The summed E-state index contributed by atoms with van der Waals surface area (Å²) < 4.78 is 10.8. The summed E-state index contributed by atoms with van der Waals surface area (Å²) in [6, 6.07) is 5.68. The van der Waals surface area contributed by atoms with Crippen LogP contribution >= 0.6 is 0 Å². The molecule has 0 aliphatic heterocycles. The Morgan fingerprint density at radius 3 is 3.06 bits per heavy atom. The first-order valence-electron chi connectivity index (χ1n) is 5.31. The van der Waals surface area contributed by atoms with E-state index in [0.29, 0.717) is 25.5 Å². The van der Waals surface area contributed by atoms with Crippen molar-refractivity contribution in [3.05, 3.63) is 29.6 Å². The van der Waals surface area contributed by atoms with Crippen LogP contribution in [0.15, 0.2) is 18.3 Å². The van der Waals surface area contributed by atoms with Gasteiger partial charge in [0.15, 0.2) is 0 Å². The molecule has 4 heteroatoms. The van der Waals surface area contributed by atoms with Gasteiger partial charge in [0.25, 0.3) is 0 Å². The zero-order chi connectivity index (χ0) is 11.8. The Hall–Kier alpha value is -1.44. The molecule has 4 nitrogen and oxygen atoms in total. The summed E-state index contributed by atoms with van der Waals surface area (Å²) >= 11 is 0. The number of aromatic nitrogens is 1. The molecule has 0 bridgehead atoms. The second kappa shape index (κ2) is 6.94. The van der Waals surface area contributed by atoms with Gasteiger partial charge in [-0.3, -0.25) is 0 Å². The Kier molecular flexibility index (Phi) is 5.48. The number of pyridine rings is 1. The van der Waals surface area contributed by atoms with Gasteiger partial charge in [0.1, 0.15) is 11.8 Å². The molecule has 0 aromatic carbocycles. The highest BCUT2D eigenvalue weighted by Gasteiger charge is 2.06. The maximum atomic E-state index is 8.83. The van der Waals surface area contributed by atoms with E-state index in [2.05, 4.69) is 4.98 Å². The molecule has 16 heavy (non-hydrogen) atoms. The second-order valence-corrected chi connectivity index (χ2v) is 3.40. The monoisotopic (exact) mass is 220 g/mol. The first-order chi connectivity index (χ1) is 7.77. The lowest BCUT2D eigenvalue weighted by Gasteiger charge is -2.12. The largest absolute Gasteiger partial charge is 0.379 e. The van der Waals surface area contributed by atoms with E-state index < -0.39 is 0 Å².